The minimum absolute atomic E-state index is 0.157. The van der Waals surface area contributed by atoms with Crippen LogP contribution in [-0.2, 0) is 4.79 Å². The summed E-state index contributed by atoms with van der Waals surface area (Å²) in [5.74, 6) is 1.09. The summed E-state index contributed by atoms with van der Waals surface area (Å²) >= 11 is 6.05. The number of nitrogens with zero attached hydrogens (tertiary/aromatic N) is 2. The molecule has 0 unspecified atom stereocenters. The fourth-order valence-corrected chi connectivity index (χ4v) is 2.96. The van der Waals surface area contributed by atoms with Gasteiger partial charge >= 0.3 is 0 Å². The van der Waals surface area contributed by atoms with Gasteiger partial charge in [0.1, 0.15) is 5.75 Å². The molecule has 0 aliphatic rings. The van der Waals surface area contributed by atoms with Gasteiger partial charge < -0.3 is 14.6 Å². The normalized spacial score (nSPS) is 10.6. The summed E-state index contributed by atoms with van der Waals surface area (Å²) in [4.78, 5) is 16.6. The van der Waals surface area contributed by atoms with Crippen LogP contribution >= 0.6 is 11.6 Å². The van der Waals surface area contributed by atoms with Crippen molar-refractivity contribution in [2.24, 2.45) is 0 Å². The molecule has 0 bridgehead atoms. The highest BCUT2D eigenvalue weighted by molar-refractivity contribution is 6.33. The number of para-hydroxylation sites is 1. The Morgan fingerprint density at radius 2 is 1.83 bits per heavy atom. The van der Waals surface area contributed by atoms with Crippen molar-refractivity contribution in [3.63, 3.8) is 0 Å². The number of aromatic nitrogens is 2. The first kappa shape index (κ1) is 19.7. The number of nitrogens with one attached hydrogen (secondary N) is 1. The van der Waals surface area contributed by atoms with Crippen LogP contribution in [0.4, 0.5) is 5.69 Å². The number of hydrogen-bond acceptors (Lipinski definition) is 5. The van der Waals surface area contributed by atoms with Crippen LogP contribution in [0.2, 0.25) is 5.02 Å². The van der Waals surface area contributed by atoms with Crippen molar-refractivity contribution in [2.75, 3.05) is 11.9 Å². The SMILES string of the molecule is Cc1ccc(-c2nc(-c3cccc(OCC(=O)Nc4ccccc4Cl)c3)no2)cc1. The molecule has 150 valence electrons. The van der Waals surface area contributed by atoms with Gasteiger partial charge in [-0.3, -0.25) is 4.79 Å². The molecule has 3 aromatic carbocycles. The smallest absolute Gasteiger partial charge is 0.262 e. The van der Waals surface area contributed by atoms with Gasteiger partial charge in [-0.2, -0.15) is 4.98 Å². The van der Waals surface area contributed by atoms with Gasteiger partial charge in [-0.1, -0.05) is 58.7 Å². The Hall–Kier alpha value is -3.64. The van der Waals surface area contributed by atoms with E-state index < -0.39 is 0 Å². The van der Waals surface area contributed by atoms with E-state index in [1.54, 1.807) is 42.5 Å². The quantitative estimate of drug-likeness (QED) is 0.453. The molecule has 0 fully saturated rings. The van der Waals surface area contributed by atoms with Gasteiger partial charge in [0.25, 0.3) is 11.8 Å². The number of hydrogen-bond donors (Lipinski definition) is 1. The van der Waals surface area contributed by atoms with Crippen molar-refractivity contribution in [2.45, 2.75) is 6.92 Å². The third-order valence-electron chi connectivity index (χ3n) is 4.33. The van der Waals surface area contributed by atoms with E-state index in [2.05, 4.69) is 15.5 Å². The molecular weight excluding hydrogens is 402 g/mol. The summed E-state index contributed by atoms with van der Waals surface area (Å²) in [6.07, 6.45) is 0. The Morgan fingerprint density at radius 1 is 1.03 bits per heavy atom. The zero-order valence-corrected chi connectivity index (χ0v) is 16.9. The van der Waals surface area contributed by atoms with Crippen LogP contribution in [0.3, 0.4) is 0 Å². The molecule has 30 heavy (non-hydrogen) atoms. The monoisotopic (exact) mass is 419 g/mol. The first-order chi connectivity index (χ1) is 14.6. The Kier molecular flexibility index (Phi) is 5.77. The molecule has 1 heterocycles. The van der Waals surface area contributed by atoms with Crippen molar-refractivity contribution in [3.05, 3.63) is 83.4 Å². The zero-order valence-electron chi connectivity index (χ0n) is 16.1. The zero-order chi connectivity index (χ0) is 20.9. The molecular formula is C23H18ClN3O3. The second kappa shape index (κ2) is 8.80. The third kappa shape index (κ3) is 4.67. The molecule has 0 atom stereocenters. The lowest BCUT2D eigenvalue weighted by molar-refractivity contribution is -0.118. The molecule has 7 heteroatoms. The van der Waals surface area contributed by atoms with Gasteiger partial charge in [-0.25, -0.2) is 0 Å². The van der Waals surface area contributed by atoms with E-state index in [1.165, 1.54) is 0 Å². The number of anilines is 1. The van der Waals surface area contributed by atoms with E-state index in [0.29, 0.717) is 28.2 Å². The highest BCUT2D eigenvalue weighted by atomic mass is 35.5. The summed E-state index contributed by atoms with van der Waals surface area (Å²) in [6.45, 7) is 1.86. The average molecular weight is 420 g/mol. The number of ether oxygens (including phenoxy) is 1. The number of rotatable bonds is 6. The summed E-state index contributed by atoms with van der Waals surface area (Å²) in [6, 6.07) is 22.0. The summed E-state index contributed by atoms with van der Waals surface area (Å²) in [7, 11) is 0. The first-order valence-corrected chi connectivity index (χ1v) is 9.65. The molecule has 0 radical (unpaired) electrons. The summed E-state index contributed by atoms with van der Waals surface area (Å²) in [5.41, 5.74) is 3.27. The number of benzene rings is 3. The van der Waals surface area contributed by atoms with E-state index in [1.807, 2.05) is 37.3 Å². The Bertz CT molecular complexity index is 1170. The van der Waals surface area contributed by atoms with Gasteiger partial charge in [0, 0.05) is 11.1 Å². The van der Waals surface area contributed by atoms with Crippen LogP contribution in [0.1, 0.15) is 5.56 Å². The standard InChI is InChI=1S/C23H18ClN3O3/c1-15-9-11-16(12-10-15)23-26-22(27-30-23)17-5-4-6-18(13-17)29-14-21(28)25-20-8-3-2-7-19(20)24/h2-13H,14H2,1H3,(H,25,28). The highest BCUT2D eigenvalue weighted by Gasteiger charge is 2.12. The van der Waals surface area contributed by atoms with Gasteiger partial charge in [0.2, 0.25) is 5.82 Å². The van der Waals surface area contributed by atoms with E-state index in [9.17, 15) is 4.79 Å². The van der Waals surface area contributed by atoms with Crippen molar-refractivity contribution in [3.8, 4) is 28.6 Å². The molecule has 0 saturated heterocycles. The molecule has 4 aromatic rings. The van der Waals surface area contributed by atoms with Crippen LogP contribution < -0.4 is 10.1 Å². The Morgan fingerprint density at radius 3 is 2.63 bits per heavy atom. The van der Waals surface area contributed by atoms with Crippen LogP contribution in [-0.4, -0.2) is 22.7 Å². The van der Waals surface area contributed by atoms with Crippen LogP contribution in [0, 0.1) is 6.92 Å². The average Bonchev–Trinajstić information content (AvgIpc) is 3.25. The minimum Gasteiger partial charge on any atom is -0.484 e. The Labute approximate surface area is 178 Å². The summed E-state index contributed by atoms with van der Waals surface area (Å²) < 4.78 is 11.0. The van der Waals surface area contributed by atoms with Gasteiger partial charge in [-0.15, -0.1) is 0 Å². The molecule has 0 aliphatic heterocycles. The molecule has 1 N–H and O–H groups in total. The lowest BCUT2D eigenvalue weighted by atomic mass is 10.1. The first-order valence-electron chi connectivity index (χ1n) is 9.27. The maximum atomic E-state index is 12.1. The summed E-state index contributed by atoms with van der Waals surface area (Å²) in [5, 5.41) is 7.24. The third-order valence-corrected chi connectivity index (χ3v) is 4.66. The maximum absolute atomic E-state index is 12.1. The Balaban J connectivity index is 1.42. The topological polar surface area (TPSA) is 77.2 Å². The molecule has 1 aromatic heterocycles. The lowest BCUT2D eigenvalue weighted by Crippen LogP contribution is -2.20. The molecule has 0 spiro atoms. The fraction of sp³-hybridized carbons (Fsp3) is 0.0870. The number of carbonyl (C=O) groups is 1. The van der Waals surface area contributed by atoms with Crippen LogP contribution in [0.5, 0.6) is 5.75 Å². The highest BCUT2D eigenvalue weighted by Crippen LogP contribution is 2.25. The van der Waals surface area contributed by atoms with Crippen molar-refractivity contribution in [1.29, 1.82) is 0 Å². The van der Waals surface area contributed by atoms with Crippen LogP contribution in [0.15, 0.2) is 77.3 Å². The van der Waals surface area contributed by atoms with Crippen LogP contribution in [0.25, 0.3) is 22.8 Å². The largest absolute Gasteiger partial charge is 0.484 e. The maximum Gasteiger partial charge on any atom is 0.262 e. The second-order valence-electron chi connectivity index (χ2n) is 6.63. The van der Waals surface area contributed by atoms with Gasteiger partial charge in [0.15, 0.2) is 6.61 Å². The predicted molar refractivity (Wildman–Crippen MR) is 115 cm³/mol. The van der Waals surface area contributed by atoms with E-state index in [0.717, 1.165) is 16.7 Å². The molecule has 6 nitrogen and oxygen atoms in total. The van der Waals surface area contributed by atoms with Crippen molar-refractivity contribution < 1.29 is 14.1 Å². The minimum atomic E-state index is -0.310. The predicted octanol–water partition coefficient (Wildman–Crippen LogP) is 5.38. The van der Waals surface area contributed by atoms with Gasteiger partial charge in [0.05, 0.1) is 10.7 Å². The molecule has 4 rings (SSSR count). The van der Waals surface area contributed by atoms with E-state index in [4.69, 9.17) is 20.9 Å². The fourth-order valence-electron chi connectivity index (χ4n) is 2.78. The molecule has 0 aliphatic carbocycles. The van der Waals surface area contributed by atoms with Gasteiger partial charge in [-0.05, 0) is 43.3 Å². The van der Waals surface area contributed by atoms with Crippen molar-refractivity contribution >= 4 is 23.2 Å². The lowest BCUT2D eigenvalue weighted by Gasteiger charge is -2.09. The molecule has 0 saturated carbocycles. The van der Waals surface area contributed by atoms with E-state index in [-0.39, 0.29) is 12.5 Å². The van der Waals surface area contributed by atoms with Crippen molar-refractivity contribution in [1.82, 2.24) is 10.1 Å². The number of halogens is 1. The number of carbonyl (C=O) groups excluding carboxylic acids is 1. The number of aryl methyl sites for hydroxylation is 1. The molecule has 1 amide bonds. The number of amides is 1. The van der Waals surface area contributed by atoms with E-state index >= 15 is 0 Å². The second-order valence-corrected chi connectivity index (χ2v) is 7.04.